The lowest BCUT2D eigenvalue weighted by Crippen LogP contribution is -2.01. The van der Waals surface area contributed by atoms with Gasteiger partial charge in [0, 0.05) is 11.8 Å². The van der Waals surface area contributed by atoms with Crippen LogP contribution in [0.15, 0.2) is 49.2 Å². The van der Waals surface area contributed by atoms with Crippen LogP contribution in [0.1, 0.15) is 5.56 Å². The minimum atomic E-state index is -0.905. The Labute approximate surface area is 141 Å². The van der Waals surface area contributed by atoms with Crippen molar-refractivity contribution in [3.63, 3.8) is 0 Å². The van der Waals surface area contributed by atoms with Gasteiger partial charge in [-0.2, -0.15) is 0 Å². The van der Waals surface area contributed by atoms with E-state index in [0.717, 1.165) is 17.7 Å². The van der Waals surface area contributed by atoms with E-state index in [4.69, 9.17) is 5.73 Å². The minimum Gasteiger partial charge on any atom is -0.382 e. The maximum atomic E-state index is 13.4. The maximum absolute atomic E-state index is 13.4. The van der Waals surface area contributed by atoms with Gasteiger partial charge in [0.05, 0.1) is 18.6 Å². The van der Waals surface area contributed by atoms with Crippen LogP contribution < -0.4 is 5.73 Å². The maximum Gasteiger partial charge on any atom is 0.165 e. The molecule has 4 rings (SSSR count). The van der Waals surface area contributed by atoms with Gasteiger partial charge in [0.1, 0.15) is 11.8 Å². The third kappa shape index (κ3) is 2.78. The first-order chi connectivity index (χ1) is 12.1. The Morgan fingerprint density at radius 1 is 0.960 bits per heavy atom. The topological polar surface area (TPSA) is 82.5 Å². The average Bonchev–Trinajstić information content (AvgIpc) is 3.02. The standard InChI is InChI=1S/C17H12F2N6/c18-12-2-1-11(6-13(12)19)14-5-10(3-4-21-14)7-25-9-24-15-16(20)22-8-23-17(15)25/h1-6,8-9H,7H2,(H2,20,22,23). The normalized spacial score (nSPS) is 11.1. The quantitative estimate of drug-likeness (QED) is 0.621. The predicted molar refractivity (Wildman–Crippen MR) is 88.4 cm³/mol. The molecule has 0 aliphatic carbocycles. The molecule has 0 bridgehead atoms. The van der Waals surface area contributed by atoms with E-state index in [9.17, 15) is 8.78 Å². The molecular formula is C17H12F2N6. The zero-order valence-electron chi connectivity index (χ0n) is 12.9. The molecule has 0 aliphatic heterocycles. The second kappa shape index (κ2) is 5.90. The molecular weight excluding hydrogens is 326 g/mol. The van der Waals surface area contributed by atoms with Crippen molar-refractivity contribution in [3.8, 4) is 11.3 Å². The average molecular weight is 338 g/mol. The molecule has 0 aliphatic rings. The van der Waals surface area contributed by atoms with Crippen LogP contribution in [-0.4, -0.2) is 24.5 Å². The Balaban J connectivity index is 1.69. The number of fused-ring (bicyclic) bond motifs is 1. The van der Waals surface area contributed by atoms with E-state index in [2.05, 4.69) is 19.9 Å². The van der Waals surface area contributed by atoms with Gasteiger partial charge in [-0.1, -0.05) is 0 Å². The summed E-state index contributed by atoms with van der Waals surface area (Å²) in [4.78, 5) is 16.6. The fraction of sp³-hybridized carbons (Fsp3) is 0.0588. The number of nitrogens with two attached hydrogens (primary N) is 1. The highest BCUT2D eigenvalue weighted by Gasteiger charge is 2.10. The molecule has 0 saturated heterocycles. The lowest BCUT2D eigenvalue weighted by atomic mass is 10.1. The first-order valence-corrected chi connectivity index (χ1v) is 7.43. The van der Waals surface area contributed by atoms with Crippen LogP contribution in [0.3, 0.4) is 0 Å². The number of anilines is 1. The summed E-state index contributed by atoms with van der Waals surface area (Å²) in [6.07, 6.45) is 4.64. The number of benzene rings is 1. The van der Waals surface area contributed by atoms with E-state index < -0.39 is 11.6 Å². The molecule has 0 unspecified atom stereocenters. The number of imidazole rings is 1. The Bertz CT molecular complexity index is 1080. The Hall–Kier alpha value is -3.42. The molecule has 0 radical (unpaired) electrons. The Kier molecular flexibility index (Phi) is 3.57. The third-order valence-corrected chi connectivity index (χ3v) is 3.82. The molecule has 0 fully saturated rings. The van der Waals surface area contributed by atoms with Crippen molar-refractivity contribution >= 4 is 17.0 Å². The van der Waals surface area contributed by atoms with Crippen molar-refractivity contribution in [2.24, 2.45) is 0 Å². The number of nitrogen functional groups attached to an aromatic ring is 1. The van der Waals surface area contributed by atoms with Crippen molar-refractivity contribution < 1.29 is 8.78 Å². The van der Waals surface area contributed by atoms with Crippen LogP contribution in [0, 0.1) is 11.6 Å². The molecule has 0 saturated carbocycles. The molecule has 2 N–H and O–H groups in total. The molecule has 0 spiro atoms. The summed E-state index contributed by atoms with van der Waals surface area (Å²) in [6, 6.07) is 7.35. The van der Waals surface area contributed by atoms with Gasteiger partial charge in [-0.05, 0) is 35.9 Å². The highest BCUT2D eigenvalue weighted by Crippen LogP contribution is 2.22. The van der Waals surface area contributed by atoms with E-state index in [0.29, 0.717) is 34.8 Å². The number of rotatable bonds is 3. The number of hydrogen-bond donors (Lipinski definition) is 1. The van der Waals surface area contributed by atoms with E-state index in [-0.39, 0.29) is 0 Å². The van der Waals surface area contributed by atoms with Crippen LogP contribution in [0.4, 0.5) is 14.6 Å². The van der Waals surface area contributed by atoms with Crippen LogP contribution in [-0.2, 0) is 6.54 Å². The van der Waals surface area contributed by atoms with Gasteiger partial charge in [-0.25, -0.2) is 23.7 Å². The van der Waals surface area contributed by atoms with Crippen LogP contribution in [0.2, 0.25) is 0 Å². The van der Waals surface area contributed by atoms with Gasteiger partial charge >= 0.3 is 0 Å². The van der Waals surface area contributed by atoms with Crippen molar-refractivity contribution in [1.29, 1.82) is 0 Å². The SMILES string of the molecule is Nc1ncnc2c1ncn2Cc1ccnc(-c2ccc(F)c(F)c2)c1. The van der Waals surface area contributed by atoms with Crippen molar-refractivity contribution in [2.45, 2.75) is 6.54 Å². The van der Waals surface area contributed by atoms with Gasteiger partial charge in [0.2, 0.25) is 0 Å². The molecule has 4 aromatic rings. The first kappa shape index (κ1) is 15.1. The fourth-order valence-corrected chi connectivity index (χ4v) is 2.60. The van der Waals surface area contributed by atoms with Crippen molar-refractivity contribution in [3.05, 3.63) is 66.4 Å². The summed E-state index contributed by atoms with van der Waals surface area (Å²) in [5.74, 6) is -1.47. The lowest BCUT2D eigenvalue weighted by molar-refractivity contribution is 0.509. The number of hydrogen-bond acceptors (Lipinski definition) is 5. The van der Waals surface area contributed by atoms with Crippen LogP contribution in [0.25, 0.3) is 22.4 Å². The molecule has 25 heavy (non-hydrogen) atoms. The predicted octanol–water partition coefficient (Wildman–Crippen LogP) is 2.80. The van der Waals surface area contributed by atoms with Crippen LogP contribution in [0.5, 0.6) is 0 Å². The number of pyridine rings is 1. The molecule has 6 nitrogen and oxygen atoms in total. The summed E-state index contributed by atoms with van der Waals surface area (Å²) in [7, 11) is 0. The molecule has 124 valence electrons. The molecule has 3 heterocycles. The first-order valence-electron chi connectivity index (χ1n) is 7.43. The van der Waals surface area contributed by atoms with E-state index in [1.165, 1.54) is 12.4 Å². The lowest BCUT2D eigenvalue weighted by Gasteiger charge is -2.07. The van der Waals surface area contributed by atoms with Gasteiger partial charge in [0.25, 0.3) is 0 Å². The van der Waals surface area contributed by atoms with E-state index in [1.807, 2.05) is 16.7 Å². The molecule has 8 heteroatoms. The Morgan fingerprint density at radius 3 is 2.68 bits per heavy atom. The zero-order chi connectivity index (χ0) is 17.4. The van der Waals surface area contributed by atoms with Gasteiger partial charge < -0.3 is 10.3 Å². The van der Waals surface area contributed by atoms with E-state index in [1.54, 1.807) is 12.5 Å². The third-order valence-electron chi connectivity index (χ3n) is 3.82. The smallest absolute Gasteiger partial charge is 0.165 e. The van der Waals surface area contributed by atoms with Crippen LogP contribution >= 0.6 is 0 Å². The number of aromatic nitrogens is 5. The summed E-state index contributed by atoms with van der Waals surface area (Å²) in [6.45, 7) is 0.478. The highest BCUT2D eigenvalue weighted by atomic mass is 19.2. The van der Waals surface area contributed by atoms with Crippen molar-refractivity contribution in [2.75, 3.05) is 5.73 Å². The number of nitrogens with zero attached hydrogens (tertiary/aromatic N) is 5. The monoisotopic (exact) mass is 338 g/mol. The molecule has 0 amide bonds. The zero-order valence-corrected chi connectivity index (χ0v) is 12.9. The largest absolute Gasteiger partial charge is 0.382 e. The van der Waals surface area contributed by atoms with Crippen molar-refractivity contribution in [1.82, 2.24) is 24.5 Å². The highest BCUT2D eigenvalue weighted by molar-refractivity contribution is 5.81. The summed E-state index contributed by atoms with van der Waals surface area (Å²) in [5.41, 5.74) is 8.91. The van der Waals surface area contributed by atoms with E-state index >= 15 is 0 Å². The molecule has 1 aromatic carbocycles. The van der Waals surface area contributed by atoms with Gasteiger partial charge in [-0.15, -0.1) is 0 Å². The fourth-order valence-electron chi connectivity index (χ4n) is 2.60. The second-order valence-corrected chi connectivity index (χ2v) is 5.48. The summed E-state index contributed by atoms with van der Waals surface area (Å²) < 4.78 is 28.4. The van der Waals surface area contributed by atoms with Gasteiger partial charge in [-0.3, -0.25) is 4.98 Å². The Morgan fingerprint density at radius 2 is 1.84 bits per heavy atom. The minimum absolute atomic E-state index is 0.320. The summed E-state index contributed by atoms with van der Waals surface area (Å²) >= 11 is 0. The number of halogens is 2. The second-order valence-electron chi connectivity index (χ2n) is 5.48. The summed E-state index contributed by atoms with van der Waals surface area (Å²) in [5, 5.41) is 0. The molecule has 0 atom stereocenters. The van der Waals surface area contributed by atoms with Gasteiger partial charge in [0.15, 0.2) is 23.1 Å². The molecule has 3 aromatic heterocycles.